The van der Waals surface area contributed by atoms with Crippen molar-refractivity contribution in [2.45, 2.75) is 0 Å². The molecule has 6 aromatic rings. The van der Waals surface area contributed by atoms with Crippen LogP contribution in [0.25, 0.3) is 66.0 Å². The van der Waals surface area contributed by atoms with Crippen molar-refractivity contribution >= 4 is 43.8 Å². The molecule has 0 radical (unpaired) electrons. The largest absolute Gasteiger partial charge is 0.681 e. The van der Waals surface area contributed by atoms with Gasteiger partial charge in [0.05, 0.1) is 11.0 Å². The number of aromatic nitrogens is 2. The second kappa shape index (κ2) is 9.68. The van der Waals surface area contributed by atoms with Crippen molar-refractivity contribution in [2.75, 3.05) is 13.1 Å². The number of para-hydroxylation sites is 1. The first kappa shape index (κ1) is 23.5. The van der Waals surface area contributed by atoms with Gasteiger partial charge in [-0.15, -0.1) is 18.3 Å². The van der Waals surface area contributed by atoms with Gasteiger partial charge < -0.3 is 15.2 Å². The first-order chi connectivity index (χ1) is 20.3. The molecule has 0 bridgehead atoms. The Hall–Kier alpha value is -5.35. The zero-order chi connectivity index (χ0) is 27.2. The van der Waals surface area contributed by atoms with Crippen LogP contribution in [0, 0.1) is 0 Å². The predicted octanol–water partition coefficient (Wildman–Crippen LogP) is 8.78. The standard InChI is InChI=1S/C37H27N4/c1-2-6-31(7-3-1)41-36-22-26(30-21-29(23-39-24-30)25-15-18-38-19-16-25)9-13-33(36)34-14-10-27-20-28(11-12-32(27)37(34)41)35-8-4-5-17-40-35/h1-16,18,20-24,38H,17,19H2/q-1. The lowest BCUT2D eigenvalue weighted by Gasteiger charge is -2.26. The summed E-state index contributed by atoms with van der Waals surface area (Å²) in [6, 6.07) is 31.0. The van der Waals surface area contributed by atoms with Crippen LogP contribution in [-0.4, -0.2) is 22.6 Å². The first-order valence-electron chi connectivity index (χ1n) is 14.0. The Bertz CT molecular complexity index is 2090. The zero-order valence-corrected chi connectivity index (χ0v) is 22.5. The topological polar surface area (TPSA) is 44.0 Å². The zero-order valence-electron chi connectivity index (χ0n) is 22.5. The molecule has 2 aliphatic heterocycles. The lowest BCUT2D eigenvalue weighted by Crippen LogP contribution is -2.08. The maximum atomic E-state index is 4.70. The Balaban J connectivity index is 1.35. The summed E-state index contributed by atoms with van der Waals surface area (Å²) in [5.41, 5.74) is 10.3. The van der Waals surface area contributed by atoms with Crippen LogP contribution in [0.3, 0.4) is 0 Å². The Morgan fingerprint density at radius 2 is 1.61 bits per heavy atom. The molecule has 41 heavy (non-hydrogen) atoms. The smallest absolute Gasteiger partial charge is 0.0619 e. The third-order valence-corrected chi connectivity index (χ3v) is 8.04. The number of allylic oxidation sites excluding steroid dienone is 4. The van der Waals surface area contributed by atoms with Gasteiger partial charge in [0.1, 0.15) is 0 Å². The molecular formula is C37H27N4-. The van der Waals surface area contributed by atoms with Crippen molar-refractivity contribution in [3.05, 3.63) is 150 Å². The third-order valence-electron chi connectivity index (χ3n) is 8.04. The van der Waals surface area contributed by atoms with E-state index in [1.165, 1.54) is 38.2 Å². The predicted molar refractivity (Wildman–Crippen MR) is 172 cm³/mol. The van der Waals surface area contributed by atoms with E-state index < -0.39 is 0 Å². The molecule has 0 unspecified atom stereocenters. The highest BCUT2D eigenvalue weighted by atomic mass is 15.0. The molecule has 4 nitrogen and oxygen atoms in total. The van der Waals surface area contributed by atoms with Gasteiger partial charge in [0.15, 0.2) is 0 Å². The van der Waals surface area contributed by atoms with E-state index >= 15 is 0 Å². The summed E-state index contributed by atoms with van der Waals surface area (Å²) < 4.78 is 2.42. The van der Waals surface area contributed by atoms with Crippen molar-refractivity contribution in [2.24, 2.45) is 0 Å². The van der Waals surface area contributed by atoms with E-state index in [2.05, 4.69) is 130 Å². The van der Waals surface area contributed by atoms with E-state index in [-0.39, 0.29) is 0 Å². The van der Waals surface area contributed by atoms with Gasteiger partial charge in [-0.3, -0.25) is 4.98 Å². The molecule has 4 heteroatoms. The van der Waals surface area contributed by atoms with E-state index in [1.54, 1.807) is 0 Å². The van der Waals surface area contributed by atoms with Crippen molar-refractivity contribution in [3.63, 3.8) is 0 Å². The molecule has 0 amide bonds. The molecule has 2 aromatic heterocycles. The van der Waals surface area contributed by atoms with E-state index in [1.807, 2.05) is 18.6 Å². The molecule has 196 valence electrons. The SMILES string of the molecule is C1=CC[N-]C(c2ccc3c(ccc4c5ccc(-c6cncc(C7=CCNC=C7)c6)cc5n(-c5ccccc5)c34)c2)=C1. The van der Waals surface area contributed by atoms with Gasteiger partial charge in [0.2, 0.25) is 0 Å². The van der Waals surface area contributed by atoms with Crippen LogP contribution in [0.1, 0.15) is 11.1 Å². The Morgan fingerprint density at radius 1 is 0.756 bits per heavy atom. The van der Waals surface area contributed by atoms with Crippen molar-refractivity contribution in [3.8, 4) is 16.8 Å². The Kier molecular flexibility index (Phi) is 5.56. The first-order valence-corrected chi connectivity index (χ1v) is 14.0. The van der Waals surface area contributed by atoms with Crippen LogP contribution in [0.15, 0.2) is 134 Å². The number of hydrogen-bond donors (Lipinski definition) is 1. The monoisotopic (exact) mass is 527 g/mol. The maximum absolute atomic E-state index is 4.70. The average Bonchev–Trinajstić information content (AvgIpc) is 3.40. The fraction of sp³-hybridized carbons (Fsp3) is 0.0541. The van der Waals surface area contributed by atoms with E-state index in [0.29, 0.717) is 0 Å². The summed E-state index contributed by atoms with van der Waals surface area (Å²) in [6.45, 7) is 1.56. The number of nitrogens with zero attached hydrogens (tertiary/aromatic N) is 3. The quantitative estimate of drug-likeness (QED) is 0.249. The fourth-order valence-electron chi connectivity index (χ4n) is 6.06. The van der Waals surface area contributed by atoms with Crippen molar-refractivity contribution < 1.29 is 0 Å². The van der Waals surface area contributed by atoms with Gasteiger partial charge in [0, 0.05) is 51.9 Å². The van der Waals surface area contributed by atoms with Crippen molar-refractivity contribution in [1.82, 2.24) is 14.9 Å². The summed E-state index contributed by atoms with van der Waals surface area (Å²) in [5.74, 6) is 0. The fourth-order valence-corrected chi connectivity index (χ4v) is 6.06. The highest BCUT2D eigenvalue weighted by Crippen LogP contribution is 2.39. The molecule has 0 saturated heterocycles. The molecule has 0 saturated carbocycles. The molecule has 1 N–H and O–H groups in total. The minimum Gasteiger partial charge on any atom is -0.681 e. The van der Waals surface area contributed by atoms with Gasteiger partial charge in [-0.1, -0.05) is 72.8 Å². The number of nitrogens with one attached hydrogen (secondary N) is 1. The van der Waals surface area contributed by atoms with Gasteiger partial charge in [-0.2, -0.15) is 0 Å². The normalized spacial score (nSPS) is 14.6. The summed E-state index contributed by atoms with van der Waals surface area (Å²) in [7, 11) is 0. The summed E-state index contributed by atoms with van der Waals surface area (Å²) in [4.78, 5) is 4.61. The lowest BCUT2D eigenvalue weighted by molar-refractivity contribution is 0.975. The lowest BCUT2D eigenvalue weighted by atomic mass is 9.99. The Labute approximate surface area is 238 Å². The number of hydrogen-bond acceptors (Lipinski definition) is 2. The highest BCUT2D eigenvalue weighted by molar-refractivity contribution is 6.19. The molecule has 2 aliphatic rings. The molecular weight excluding hydrogens is 500 g/mol. The van der Waals surface area contributed by atoms with Gasteiger partial charge >= 0.3 is 0 Å². The van der Waals surface area contributed by atoms with Crippen molar-refractivity contribution in [1.29, 1.82) is 0 Å². The van der Waals surface area contributed by atoms with Gasteiger partial charge in [0.25, 0.3) is 0 Å². The summed E-state index contributed by atoms with van der Waals surface area (Å²) in [5, 5.41) is 12.8. The van der Waals surface area contributed by atoms with Crippen LogP contribution in [0.4, 0.5) is 0 Å². The second-order valence-corrected chi connectivity index (χ2v) is 10.5. The minimum absolute atomic E-state index is 0.734. The van der Waals surface area contributed by atoms with Crippen LogP contribution >= 0.6 is 0 Å². The van der Waals surface area contributed by atoms with Gasteiger partial charge in [-0.25, -0.2) is 0 Å². The molecule has 0 spiro atoms. The molecule has 0 atom stereocenters. The van der Waals surface area contributed by atoms with E-state index in [4.69, 9.17) is 5.32 Å². The third kappa shape index (κ3) is 4.04. The molecule has 8 rings (SSSR count). The maximum Gasteiger partial charge on any atom is 0.0619 e. The number of rotatable bonds is 4. The Morgan fingerprint density at radius 3 is 2.46 bits per heavy atom. The van der Waals surface area contributed by atoms with Crippen LogP contribution in [0.5, 0.6) is 0 Å². The van der Waals surface area contributed by atoms with E-state index in [0.717, 1.165) is 46.7 Å². The number of dihydropyridines is 1. The summed E-state index contributed by atoms with van der Waals surface area (Å²) >= 11 is 0. The van der Waals surface area contributed by atoms with Crippen LogP contribution < -0.4 is 5.32 Å². The minimum atomic E-state index is 0.734. The number of benzene rings is 4. The number of fused-ring (bicyclic) bond motifs is 5. The molecule has 0 aliphatic carbocycles. The molecule has 0 fully saturated rings. The molecule has 4 heterocycles. The highest BCUT2D eigenvalue weighted by Gasteiger charge is 2.16. The van der Waals surface area contributed by atoms with Gasteiger partial charge in [-0.05, 0) is 64.7 Å². The number of pyridine rings is 1. The molecule has 4 aromatic carbocycles. The van der Waals surface area contributed by atoms with Crippen LogP contribution in [-0.2, 0) is 0 Å². The summed E-state index contributed by atoms with van der Waals surface area (Å²) in [6.07, 6.45) is 16.5. The second-order valence-electron chi connectivity index (χ2n) is 10.5. The average molecular weight is 528 g/mol. The van der Waals surface area contributed by atoms with Crippen LogP contribution in [0.2, 0.25) is 0 Å². The van der Waals surface area contributed by atoms with E-state index in [9.17, 15) is 0 Å².